The Morgan fingerprint density at radius 1 is 1.00 bits per heavy atom. The molecule has 0 bridgehead atoms. The Morgan fingerprint density at radius 3 is 1.79 bits per heavy atom. The molecule has 0 aliphatic rings. The van der Waals surface area contributed by atoms with Crippen molar-refractivity contribution in [2.24, 2.45) is 0 Å². The molecule has 0 unspecified atom stereocenters. The van der Waals surface area contributed by atoms with E-state index >= 15 is 0 Å². The molecule has 0 N–H and O–H groups in total. The molecule has 0 aliphatic heterocycles. The second kappa shape index (κ2) is 4.32. The van der Waals surface area contributed by atoms with Crippen molar-refractivity contribution in [1.29, 1.82) is 0 Å². The van der Waals surface area contributed by atoms with Gasteiger partial charge in [0.25, 0.3) is 0 Å². The zero-order valence-corrected chi connectivity index (χ0v) is 9.65. The molecule has 0 heterocycles. The molecule has 70 valence electrons. The molecule has 0 atom stereocenters. The van der Waals surface area contributed by atoms with Crippen LogP contribution in [-0.2, 0) is 0 Å². The Balaban J connectivity index is 3.37. The fourth-order valence-electron chi connectivity index (χ4n) is 1.69. The van der Waals surface area contributed by atoms with E-state index in [9.17, 15) is 0 Å². The fourth-order valence-corrected chi connectivity index (χ4v) is 2.86. The quantitative estimate of drug-likeness (QED) is 0.483. The van der Waals surface area contributed by atoms with Gasteiger partial charge in [0.2, 0.25) is 0 Å². The summed E-state index contributed by atoms with van der Waals surface area (Å²) in [7, 11) is -0.850. The number of benzene rings is 1. The number of terminal acetylenes is 2. The van der Waals surface area contributed by atoms with Crippen molar-refractivity contribution in [3.05, 3.63) is 28.8 Å². The van der Waals surface area contributed by atoms with E-state index in [4.69, 9.17) is 12.8 Å². The maximum atomic E-state index is 5.43. The van der Waals surface area contributed by atoms with Crippen LogP contribution in [0.15, 0.2) is 12.1 Å². The van der Waals surface area contributed by atoms with Gasteiger partial charge in [-0.2, -0.15) is 0 Å². The molecule has 1 aromatic carbocycles. The second-order valence-electron chi connectivity index (χ2n) is 3.34. The lowest BCUT2D eigenvalue weighted by molar-refractivity contribution is 1.36. The van der Waals surface area contributed by atoms with Crippen LogP contribution in [0.25, 0.3) is 0 Å². The number of aryl methyl sites for hydroxylation is 3. The second-order valence-corrected chi connectivity index (χ2v) is 4.98. The maximum Gasteiger partial charge on any atom is 0.0809 e. The summed E-state index contributed by atoms with van der Waals surface area (Å²) >= 11 is 0. The van der Waals surface area contributed by atoms with Crippen molar-refractivity contribution in [2.45, 2.75) is 20.8 Å². The summed E-state index contributed by atoms with van der Waals surface area (Å²) in [6.45, 7) is 6.22. The summed E-state index contributed by atoms with van der Waals surface area (Å²) in [5.41, 5.74) is 9.08. The Hall–Kier alpha value is -1.23. The van der Waals surface area contributed by atoms with Crippen LogP contribution in [-0.4, -0.2) is 0 Å². The molecule has 0 saturated heterocycles. The van der Waals surface area contributed by atoms with Crippen LogP contribution in [0.2, 0.25) is 0 Å². The minimum absolute atomic E-state index is 0.850. The van der Waals surface area contributed by atoms with Crippen molar-refractivity contribution >= 4 is 13.2 Å². The summed E-state index contributed by atoms with van der Waals surface area (Å²) in [5.74, 6) is 0. The van der Waals surface area contributed by atoms with E-state index in [1.165, 1.54) is 22.0 Å². The van der Waals surface area contributed by atoms with Crippen molar-refractivity contribution in [1.82, 2.24) is 0 Å². The highest BCUT2D eigenvalue weighted by Crippen LogP contribution is 2.33. The summed E-state index contributed by atoms with van der Waals surface area (Å²) in [5, 5.41) is 1.18. The lowest BCUT2D eigenvalue weighted by atomic mass is 10.1. The van der Waals surface area contributed by atoms with Gasteiger partial charge in [-0.3, -0.25) is 0 Å². The Kier molecular flexibility index (Phi) is 3.35. The normalized spacial score (nSPS) is 9.57. The topological polar surface area (TPSA) is 0 Å². The third-order valence-corrected chi connectivity index (χ3v) is 3.79. The monoisotopic (exact) mass is 200 g/mol. The molecule has 0 radical (unpaired) electrons. The zero-order chi connectivity index (χ0) is 10.7. The van der Waals surface area contributed by atoms with Gasteiger partial charge in [0, 0.05) is 5.30 Å². The van der Waals surface area contributed by atoms with Crippen LogP contribution in [0, 0.1) is 44.9 Å². The lowest BCUT2D eigenvalue weighted by Gasteiger charge is -2.12. The van der Waals surface area contributed by atoms with Crippen molar-refractivity contribution in [3.63, 3.8) is 0 Å². The first-order chi connectivity index (χ1) is 6.60. The van der Waals surface area contributed by atoms with Gasteiger partial charge in [0.1, 0.15) is 0 Å². The highest BCUT2D eigenvalue weighted by molar-refractivity contribution is 7.75. The minimum Gasteiger partial charge on any atom is -0.114 e. The van der Waals surface area contributed by atoms with Gasteiger partial charge in [-0.15, -0.1) is 12.8 Å². The molecule has 0 saturated carbocycles. The van der Waals surface area contributed by atoms with E-state index in [2.05, 4.69) is 44.2 Å². The number of hydrogen-bond acceptors (Lipinski definition) is 0. The molecule has 0 fully saturated rings. The average Bonchev–Trinajstić information content (AvgIpc) is 2.10. The average molecular weight is 200 g/mol. The molecule has 0 amide bonds. The molecule has 1 rings (SSSR count). The third-order valence-electron chi connectivity index (χ3n) is 2.12. The van der Waals surface area contributed by atoms with E-state index in [1.807, 2.05) is 0 Å². The summed E-state index contributed by atoms with van der Waals surface area (Å²) < 4.78 is 0. The van der Waals surface area contributed by atoms with Gasteiger partial charge in [0.15, 0.2) is 0 Å². The summed E-state index contributed by atoms with van der Waals surface area (Å²) in [6, 6.07) is 4.26. The third kappa shape index (κ3) is 1.98. The Labute approximate surface area is 87.5 Å². The standard InChI is InChI=1S/C13H13P/c1-6-14(7-2)13-11(4)8-10(3)9-12(13)5/h1-2,8-9H,3-5H3. The van der Waals surface area contributed by atoms with Gasteiger partial charge >= 0.3 is 0 Å². The van der Waals surface area contributed by atoms with Gasteiger partial charge in [-0.05, 0) is 31.9 Å². The van der Waals surface area contributed by atoms with Gasteiger partial charge in [-0.1, -0.05) is 29.0 Å². The summed E-state index contributed by atoms with van der Waals surface area (Å²) in [4.78, 5) is 0. The van der Waals surface area contributed by atoms with Crippen molar-refractivity contribution < 1.29 is 0 Å². The van der Waals surface area contributed by atoms with E-state index < -0.39 is 7.92 Å². The van der Waals surface area contributed by atoms with E-state index in [1.54, 1.807) is 0 Å². The zero-order valence-electron chi connectivity index (χ0n) is 8.76. The SMILES string of the molecule is C#CP(C#C)c1c(C)cc(C)cc1C. The van der Waals surface area contributed by atoms with Crippen molar-refractivity contribution in [2.75, 3.05) is 0 Å². The van der Waals surface area contributed by atoms with Crippen LogP contribution in [0.3, 0.4) is 0 Å². The Bertz CT molecular complexity index is 393. The first-order valence-electron chi connectivity index (χ1n) is 4.40. The molecule has 0 aliphatic carbocycles. The first kappa shape index (κ1) is 10.8. The largest absolute Gasteiger partial charge is 0.114 e. The van der Waals surface area contributed by atoms with Gasteiger partial charge < -0.3 is 0 Å². The lowest BCUT2D eigenvalue weighted by Crippen LogP contribution is -2.08. The molecule has 14 heavy (non-hydrogen) atoms. The smallest absolute Gasteiger partial charge is 0.0809 e. The number of rotatable bonds is 1. The number of hydrogen-bond donors (Lipinski definition) is 0. The van der Waals surface area contributed by atoms with Crippen LogP contribution < -0.4 is 5.30 Å². The van der Waals surface area contributed by atoms with Crippen LogP contribution in [0.1, 0.15) is 16.7 Å². The Morgan fingerprint density at radius 2 is 1.43 bits per heavy atom. The molecule has 0 spiro atoms. The van der Waals surface area contributed by atoms with E-state index in [0.717, 1.165) is 0 Å². The predicted octanol–water partition coefficient (Wildman–Crippen LogP) is 2.90. The minimum atomic E-state index is -0.850. The summed E-state index contributed by atoms with van der Waals surface area (Å²) in [6.07, 6.45) is 10.9. The highest BCUT2D eigenvalue weighted by atomic mass is 31.1. The first-order valence-corrected chi connectivity index (χ1v) is 5.74. The van der Waals surface area contributed by atoms with Crippen molar-refractivity contribution in [3.8, 4) is 24.2 Å². The highest BCUT2D eigenvalue weighted by Gasteiger charge is 2.11. The van der Waals surface area contributed by atoms with E-state index in [0.29, 0.717) is 0 Å². The van der Waals surface area contributed by atoms with Crippen LogP contribution in [0.4, 0.5) is 0 Å². The fraction of sp³-hybridized carbons (Fsp3) is 0.231. The molecule has 1 aromatic rings. The van der Waals surface area contributed by atoms with Crippen LogP contribution in [0.5, 0.6) is 0 Å². The van der Waals surface area contributed by atoms with E-state index in [-0.39, 0.29) is 0 Å². The van der Waals surface area contributed by atoms with Crippen LogP contribution >= 0.6 is 7.92 Å². The molecular formula is C13H13P. The molecule has 1 heteroatoms. The van der Waals surface area contributed by atoms with Gasteiger partial charge in [0.05, 0.1) is 7.92 Å². The molecule has 0 nitrogen and oxygen atoms in total. The molecular weight excluding hydrogens is 187 g/mol. The molecule has 0 aromatic heterocycles. The maximum absolute atomic E-state index is 5.43. The predicted molar refractivity (Wildman–Crippen MR) is 64.9 cm³/mol. The van der Waals surface area contributed by atoms with Gasteiger partial charge in [-0.25, -0.2) is 0 Å².